The maximum Gasteiger partial charge on any atom is 0.472 e. The molecule has 0 aliphatic carbocycles. The molecule has 1 heterocycles. The second kappa shape index (κ2) is 7.97. The first-order valence-corrected chi connectivity index (χ1v) is 8.02. The van der Waals surface area contributed by atoms with Gasteiger partial charge >= 0.3 is 7.82 Å². The lowest BCUT2D eigenvalue weighted by molar-refractivity contribution is -0.126. The average molecular weight is 294 g/mol. The molecule has 2 N–H and O–H groups in total. The van der Waals surface area contributed by atoms with Gasteiger partial charge in [0.25, 0.3) is 0 Å². The van der Waals surface area contributed by atoms with Crippen LogP contribution in [0.3, 0.4) is 0 Å². The fourth-order valence-corrected chi connectivity index (χ4v) is 2.67. The van der Waals surface area contributed by atoms with E-state index in [1.807, 2.05) is 7.05 Å². The zero-order valence-electron chi connectivity index (χ0n) is 11.5. The van der Waals surface area contributed by atoms with E-state index in [1.54, 1.807) is 6.92 Å². The molecule has 0 aromatic rings. The minimum absolute atomic E-state index is 0.0131. The number of nitrogens with zero attached hydrogens (tertiary/aromatic N) is 1. The summed E-state index contributed by atoms with van der Waals surface area (Å²) >= 11 is 0. The van der Waals surface area contributed by atoms with Crippen LogP contribution in [0.2, 0.25) is 0 Å². The summed E-state index contributed by atoms with van der Waals surface area (Å²) in [6.07, 6.45) is 1.70. The van der Waals surface area contributed by atoms with E-state index in [1.165, 1.54) is 0 Å². The van der Waals surface area contributed by atoms with Gasteiger partial charge < -0.3 is 15.1 Å². The van der Waals surface area contributed by atoms with Crippen LogP contribution in [0.4, 0.5) is 0 Å². The third-order valence-corrected chi connectivity index (χ3v) is 4.13. The zero-order valence-corrected chi connectivity index (χ0v) is 12.4. The van der Waals surface area contributed by atoms with E-state index >= 15 is 0 Å². The number of carbonyl (C=O) groups is 1. The van der Waals surface area contributed by atoms with E-state index in [9.17, 15) is 9.36 Å². The molecule has 1 amide bonds. The van der Waals surface area contributed by atoms with Gasteiger partial charge in [0.1, 0.15) is 0 Å². The van der Waals surface area contributed by atoms with Gasteiger partial charge in [0, 0.05) is 12.5 Å². The van der Waals surface area contributed by atoms with Gasteiger partial charge in [-0.1, -0.05) is 0 Å². The number of carbonyl (C=O) groups excluding carboxylic acids is 1. The highest BCUT2D eigenvalue weighted by atomic mass is 31.2. The molecule has 1 aliphatic rings. The maximum atomic E-state index is 11.8. The van der Waals surface area contributed by atoms with Gasteiger partial charge in [-0.3, -0.25) is 13.8 Å². The Hall–Kier alpha value is -0.460. The summed E-state index contributed by atoms with van der Waals surface area (Å²) < 4.78 is 20.4. The number of likely N-dealkylation sites (tertiary alicyclic amines) is 1. The second-order valence-corrected chi connectivity index (χ2v) is 6.04. The summed E-state index contributed by atoms with van der Waals surface area (Å²) in [5, 5.41) is 2.71. The van der Waals surface area contributed by atoms with Crippen molar-refractivity contribution in [3.63, 3.8) is 0 Å². The van der Waals surface area contributed by atoms with E-state index < -0.39 is 7.82 Å². The molecular weight excluding hydrogens is 271 g/mol. The molecule has 1 rings (SSSR count). The van der Waals surface area contributed by atoms with Crippen molar-refractivity contribution in [2.24, 2.45) is 5.92 Å². The number of hydrogen-bond acceptors (Lipinski definition) is 5. The first kappa shape index (κ1) is 16.6. The monoisotopic (exact) mass is 294 g/mol. The van der Waals surface area contributed by atoms with Crippen molar-refractivity contribution in [2.45, 2.75) is 19.8 Å². The minimum atomic E-state index is -3.95. The van der Waals surface area contributed by atoms with Gasteiger partial charge in [-0.05, 0) is 39.9 Å². The van der Waals surface area contributed by atoms with Crippen LogP contribution in [-0.2, 0) is 18.4 Å². The quantitative estimate of drug-likeness (QED) is 0.528. The largest absolute Gasteiger partial charge is 0.472 e. The minimum Gasteiger partial charge on any atom is -0.354 e. The third kappa shape index (κ3) is 6.49. The van der Waals surface area contributed by atoms with Gasteiger partial charge in [-0.25, -0.2) is 4.57 Å². The van der Waals surface area contributed by atoms with E-state index in [4.69, 9.17) is 9.42 Å². The molecule has 0 radical (unpaired) electrons. The van der Waals surface area contributed by atoms with Crippen molar-refractivity contribution in [2.75, 3.05) is 39.9 Å². The molecular formula is C11H23N2O5P. The fourth-order valence-electron chi connectivity index (χ4n) is 1.95. The Labute approximate surface area is 113 Å². The second-order valence-electron chi connectivity index (χ2n) is 4.59. The van der Waals surface area contributed by atoms with Crippen molar-refractivity contribution in [1.82, 2.24) is 10.2 Å². The number of hydrogen-bond donors (Lipinski definition) is 2. The molecule has 8 heteroatoms. The predicted molar refractivity (Wildman–Crippen MR) is 70.6 cm³/mol. The number of phosphoric acid groups is 1. The number of phosphoric ester groups is 1. The normalized spacial score (nSPS) is 21.0. The molecule has 7 nitrogen and oxygen atoms in total. The van der Waals surface area contributed by atoms with Gasteiger partial charge in [0.05, 0.1) is 13.2 Å². The number of amides is 1. The van der Waals surface area contributed by atoms with Crippen LogP contribution >= 0.6 is 7.82 Å². The maximum absolute atomic E-state index is 11.8. The predicted octanol–water partition coefficient (Wildman–Crippen LogP) is 0.598. The van der Waals surface area contributed by atoms with Gasteiger partial charge in [0.2, 0.25) is 5.91 Å². The molecule has 0 aromatic heterocycles. The van der Waals surface area contributed by atoms with Gasteiger partial charge in [-0.2, -0.15) is 0 Å². The van der Waals surface area contributed by atoms with E-state index in [-0.39, 0.29) is 31.6 Å². The van der Waals surface area contributed by atoms with E-state index in [2.05, 4.69) is 14.7 Å². The molecule has 0 spiro atoms. The third-order valence-electron chi connectivity index (χ3n) is 3.04. The lowest BCUT2D eigenvalue weighted by Gasteiger charge is -2.28. The molecule has 0 saturated carbocycles. The van der Waals surface area contributed by atoms with Crippen LogP contribution in [0.1, 0.15) is 19.8 Å². The first-order valence-electron chi connectivity index (χ1n) is 6.52. The Bertz CT molecular complexity index is 331. The van der Waals surface area contributed by atoms with Crippen molar-refractivity contribution in [3.05, 3.63) is 0 Å². The fraction of sp³-hybridized carbons (Fsp3) is 0.909. The molecule has 0 bridgehead atoms. The lowest BCUT2D eigenvalue weighted by atomic mass is 9.96. The van der Waals surface area contributed by atoms with Crippen LogP contribution in [0.25, 0.3) is 0 Å². The number of piperidine rings is 1. The smallest absolute Gasteiger partial charge is 0.354 e. The Balaban J connectivity index is 2.15. The molecule has 1 saturated heterocycles. The Kier molecular flexibility index (Phi) is 6.96. The van der Waals surface area contributed by atoms with E-state index in [0.717, 1.165) is 25.9 Å². The highest BCUT2D eigenvalue weighted by Gasteiger charge is 2.23. The molecule has 1 fully saturated rings. The molecule has 19 heavy (non-hydrogen) atoms. The van der Waals surface area contributed by atoms with Crippen LogP contribution < -0.4 is 5.32 Å². The molecule has 1 unspecified atom stereocenters. The van der Waals surface area contributed by atoms with Crippen LogP contribution in [0, 0.1) is 5.92 Å². The van der Waals surface area contributed by atoms with Crippen molar-refractivity contribution in [3.8, 4) is 0 Å². The summed E-state index contributed by atoms with van der Waals surface area (Å²) in [7, 11) is -1.91. The summed E-state index contributed by atoms with van der Waals surface area (Å²) in [6.45, 7) is 3.73. The molecule has 112 valence electrons. The van der Waals surface area contributed by atoms with Crippen LogP contribution in [0.5, 0.6) is 0 Å². The summed E-state index contributed by atoms with van der Waals surface area (Å²) in [5.41, 5.74) is 0. The van der Waals surface area contributed by atoms with Crippen LogP contribution in [-0.4, -0.2) is 55.6 Å². The Morgan fingerprint density at radius 3 is 2.63 bits per heavy atom. The lowest BCUT2D eigenvalue weighted by Crippen LogP contribution is -2.39. The Morgan fingerprint density at radius 2 is 2.05 bits per heavy atom. The summed E-state index contributed by atoms with van der Waals surface area (Å²) in [6, 6.07) is 0. The highest BCUT2D eigenvalue weighted by molar-refractivity contribution is 7.47. The summed E-state index contributed by atoms with van der Waals surface area (Å²) in [4.78, 5) is 23.1. The van der Waals surface area contributed by atoms with Gasteiger partial charge in [0.15, 0.2) is 0 Å². The first-order chi connectivity index (χ1) is 8.94. The topological polar surface area (TPSA) is 88.1 Å². The highest BCUT2D eigenvalue weighted by Crippen LogP contribution is 2.42. The summed E-state index contributed by atoms with van der Waals surface area (Å²) in [5.74, 6) is 0.0184. The van der Waals surface area contributed by atoms with Crippen molar-refractivity contribution >= 4 is 13.7 Å². The molecule has 0 aromatic carbocycles. The van der Waals surface area contributed by atoms with Crippen LogP contribution in [0.15, 0.2) is 0 Å². The van der Waals surface area contributed by atoms with Crippen molar-refractivity contribution in [1.29, 1.82) is 0 Å². The number of nitrogens with one attached hydrogen (secondary N) is 1. The van der Waals surface area contributed by atoms with Gasteiger partial charge in [-0.15, -0.1) is 0 Å². The average Bonchev–Trinajstić information content (AvgIpc) is 2.35. The zero-order chi connectivity index (χ0) is 14.3. The Morgan fingerprint density at radius 1 is 1.42 bits per heavy atom. The SMILES string of the molecule is CCOP(=O)(O)OCCNC(=O)C1CCN(C)CC1. The van der Waals surface area contributed by atoms with Crippen molar-refractivity contribution < 1.29 is 23.3 Å². The standard InChI is InChI=1S/C11H23N2O5P/c1-3-17-19(15,16)18-9-6-12-11(14)10-4-7-13(2)8-5-10/h10H,3-9H2,1-2H3,(H,12,14)(H,15,16). The number of rotatable bonds is 7. The molecule has 1 atom stereocenters. The molecule has 1 aliphatic heterocycles. The van der Waals surface area contributed by atoms with E-state index in [0.29, 0.717) is 0 Å².